The zero-order valence-corrected chi connectivity index (χ0v) is 15.3. The van der Waals surface area contributed by atoms with Crippen LogP contribution in [0.2, 0.25) is 0 Å². The van der Waals surface area contributed by atoms with E-state index in [-0.39, 0.29) is 0 Å². The molecule has 130 valence electrons. The molecule has 2 rings (SSSR count). The van der Waals surface area contributed by atoms with Crippen molar-refractivity contribution in [1.29, 1.82) is 5.26 Å². The van der Waals surface area contributed by atoms with Gasteiger partial charge in [-0.2, -0.15) is 5.26 Å². The summed E-state index contributed by atoms with van der Waals surface area (Å²) in [4.78, 5) is 0. The van der Waals surface area contributed by atoms with Gasteiger partial charge in [0.15, 0.2) is 0 Å². The summed E-state index contributed by atoms with van der Waals surface area (Å²) in [5.74, 6) is 3.16. The summed E-state index contributed by atoms with van der Waals surface area (Å²) in [6.45, 7) is 2.28. The molecule has 0 N–H and O–H groups in total. The molecule has 0 aromatic heterocycles. The van der Waals surface area contributed by atoms with Crippen LogP contribution in [0.1, 0.15) is 96.8 Å². The Hall–Kier alpha value is -0.770. The molecule has 0 atom stereocenters. The van der Waals surface area contributed by atoms with Crippen molar-refractivity contribution in [2.45, 2.75) is 96.8 Å². The average molecular weight is 316 g/mol. The Labute approximate surface area is 144 Å². The van der Waals surface area contributed by atoms with Gasteiger partial charge in [-0.15, -0.1) is 0 Å². The van der Waals surface area contributed by atoms with Crippen LogP contribution < -0.4 is 0 Å². The normalized spacial score (nSPS) is 32.0. The van der Waals surface area contributed by atoms with Crippen molar-refractivity contribution in [3.05, 3.63) is 12.2 Å². The van der Waals surface area contributed by atoms with Crippen LogP contribution in [-0.2, 0) is 0 Å². The second-order valence-electron chi connectivity index (χ2n) is 8.13. The van der Waals surface area contributed by atoms with Crippen molar-refractivity contribution >= 4 is 0 Å². The van der Waals surface area contributed by atoms with E-state index in [1.807, 2.05) is 0 Å². The number of hydrogen-bond acceptors (Lipinski definition) is 1. The van der Waals surface area contributed by atoms with Gasteiger partial charge in [0.25, 0.3) is 0 Å². The number of nitriles is 1. The van der Waals surface area contributed by atoms with Gasteiger partial charge < -0.3 is 0 Å². The lowest BCUT2D eigenvalue weighted by Crippen LogP contribution is -2.17. The number of unbranched alkanes of at least 4 members (excludes halogenated alkanes) is 3. The van der Waals surface area contributed by atoms with Crippen molar-refractivity contribution < 1.29 is 0 Å². The van der Waals surface area contributed by atoms with Gasteiger partial charge in [0.2, 0.25) is 0 Å². The highest BCUT2D eigenvalue weighted by Gasteiger charge is 2.23. The van der Waals surface area contributed by atoms with Gasteiger partial charge in [-0.3, -0.25) is 0 Å². The van der Waals surface area contributed by atoms with E-state index < -0.39 is 0 Å². The first-order chi connectivity index (χ1) is 11.3. The van der Waals surface area contributed by atoms with E-state index in [1.165, 1.54) is 77.0 Å². The Kier molecular flexibility index (Phi) is 8.80. The fourth-order valence-electron chi connectivity index (χ4n) is 4.52. The van der Waals surface area contributed by atoms with Crippen molar-refractivity contribution in [2.24, 2.45) is 23.7 Å². The van der Waals surface area contributed by atoms with Crippen LogP contribution in [-0.4, -0.2) is 0 Å². The van der Waals surface area contributed by atoms with Crippen molar-refractivity contribution in [3.8, 4) is 6.07 Å². The first kappa shape index (κ1) is 18.6. The summed E-state index contributed by atoms with van der Waals surface area (Å²) < 4.78 is 0. The fraction of sp³-hybridized carbons (Fsp3) is 0.864. The standard InChI is InChI=1S/C22H37N/c1-2-3-4-5-6-7-19-8-10-20(11-9-19)12-13-21-14-16-22(18-23)17-15-21/h6-7,19-22H,2-5,8-17H2,1H3/b7-6+/t19-,20-,21-,22-. The van der Waals surface area contributed by atoms with Crippen LogP contribution >= 0.6 is 0 Å². The Morgan fingerprint density at radius 2 is 1.48 bits per heavy atom. The first-order valence-electron chi connectivity index (χ1n) is 10.4. The lowest BCUT2D eigenvalue weighted by Gasteiger charge is -2.30. The Balaban J connectivity index is 1.54. The van der Waals surface area contributed by atoms with Crippen LogP contribution in [0.15, 0.2) is 12.2 Å². The maximum Gasteiger partial charge on any atom is 0.0655 e. The Morgan fingerprint density at radius 1 is 0.870 bits per heavy atom. The minimum atomic E-state index is 0.366. The van der Waals surface area contributed by atoms with Gasteiger partial charge in [-0.25, -0.2) is 0 Å². The maximum atomic E-state index is 8.98. The molecule has 0 heterocycles. The SMILES string of the molecule is CCCCC/C=C/[C@H]1CC[C@H](CC[C@H]2CC[C@H](C#N)CC2)CC1. The molecule has 0 spiro atoms. The monoisotopic (exact) mass is 315 g/mol. The Bertz CT molecular complexity index is 362. The highest BCUT2D eigenvalue weighted by atomic mass is 14.3. The summed E-state index contributed by atoms with van der Waals surface area (Å²) in [5.41, 5.74) is 0. The topological polar surface area (TPSA) is 23.8 Å². The quantitative estimate of drug-likeness (QED) is 0.348. The molecule has 1 nitrogen and oxygen atoms in total. The minimum absolute atomic E-state index is 0.366. The summed E-state index contributed by atoms with van der Waals surface area (Å²) in [5, 5.41) is 8.98. The molecule has 2 aliphatic rings. The van der Waals surface area contributed by atoms with E-state index in [9.17, 15) is 0 Å². The van der Waals surface area contributed by atoms with E-state index in [0.717, 1.165) is 30.6 Å². The van der Waals surface area contributed by atoms with Gasteiger partial charge in [0.1, 0.15) is 0 Å². The third-order valence-corrected chi connectivity index (χ3v) is 6.29. The van der Waals surface area contributed by atoms with Crippen LogP contribution in [0.3, 0.4) is 0 Å². The molecule has 1 heteroatoms. The molecule has 0 bridgehead atoms. The molecule has 2 aliphatic carbocycles. The van der Waals surface area contributed by atoms with E-state index in [4.69, 9.17) is 5.26 Å². The third-order valence-electron chi connectivity index (χ3n) is 6.29. The molecule has 2 saturated carbocycles. The molecule has 23 heavy (non-hydrogen) atoms. The molecule has 2 fully saturated rings. The second-order valence-corrected chi connectivity index (χ2v) is 8.13. The van der Waals surface area contributed by atoms with Gasteiger partial charge in [0, 0.05) is 5.92 Å². The van der Waals surface area contributed by atoms with E-state index in [1.54, 1.807) is 0 Å². The lowest BCUT2D eigenvalue weighted by molar-refractivity contribution is 0.242. The predicted molar refractivity (Wildman–Crippen MR) is 99.0 cm³/mol. The predicted octanol–water partition coefficient (Wildman–Crippen LogP) is 7.04. The number of nitrogens with zero attached hydrogens (tertiary/aromatic N) is 1. The van der Waals surface area contributed by atoms with Crippen LogP contribution in [0.4, 0.5) is 0 Å². The van der Waals surface area contributed by atoms with Gasteiger partial charge >= 0.3 is 0 Å². The van der Waals surface area contributed by atoms with Crippen molar-refractivity contribution in [1.82, 2.24) is 0 Å². The van der Waals surface area contributed by atoms with E-state index in [0.29, 0.717) is 5.92 Å². The highest BCUT2D eigenvalue weighted by Crippen LogP contribution is 2.36. The van der Waals surface area contributed by atoms with E-state index in [2.05, 4.69) is 25.1 Å². The number of hydrogen-bond donors (Lipinski definition) is 0. The van der Waals surface area contributed by atoms with Gasteiger partial charge in [-0.1, -0.05) is 44.8 Å². The summed E-state index contributed by atoms with van der Waals surface area (Å²) in [6.07, 6.45) is 24.0. The molecule has 0 aliphatic heterocycles. The fourth-order valence-corrected chi connectivity index (χ4v) is 4.52. The van der Waals surface area contributed by atoms with Crippen LogP contribution in [0.25, 0.3) is 0 Å². The summed E-state index contributed by atoms with van der Waals surface area (Å²) in [6, 6.07) is 2.46. The van der Waals surface area contributed by atoms with Gasteiger partial charge in [0.05, 0.1) is 6.07 Å². The number of rotatable bonds is 8. The molecule has 0 aromatic carbocycles. The van der Waals surface area contributed by atoms with Gasteiger partial charge in [-0.05, 0) is 82.0 Å². The average Bonchev–Trinajstić information content (AvgIpc) is 2.61. The number of allylic oxidation sites excluding steroid dienone is 2. The van der Waals surface area contributed by atoms with E-state index >= 15 is 0 Å². The van der Waals surface area contributed by atoms with Crippen LogP contribution in [0.5, 0.6) is 0 Å². The van der Waals surface area contributed by atoms with Crippen molar-refractivity contribution in [3.63, 3.8) is 0 Å². The molecular weight excluding hydrogens is 278 g/mol. The molecule has 0 saturated heterocycles. The molecule has 0 radical (unpaired) electrons. The lowest BCUT2D eigenvalue weighted by atomic mass is 9.76. The second kappa shape index (κ2) is 10.9. The van der Waals surface area contributed by atoms with Crippen LogP contribution in [0, 0.1) is 35.0 Å². The van der Waals surface area contributed by atoms with Crippen molar-refractivity contribution in [2.75, 3.05) is 0 Å². The zero-order valence-electron chi connectivity index (χ0n) is 15.3. The molecule has 0 unspecified atom stereocenters. The third kappa shape index (κ3) is 7.11. The first-order valence-corrected chi connectivity index (χ1v) is 10.4. The highest BCUT2D eigenvalue weighted by molar-refractivity contribution is 4.91. The molecular formula is C22H37N. The largest absolute Gasteiger partial charge is 0.198 e. The summed E-state index contributed by atoms with van der Waals surface area (Å²) in [7, 11) is 0. The molecule has 0 aromatic rings. The Morgan fingerprint density at radius 3 is 2.04 bits per heavy atom. The smallest absolute Gasteiger partial charge is 0.0655 e. The zero-order chi connectivity index (χ0) is 16.3. The minimum Gasteiger partial charge on any atom is -0.198 e. The summed E-state index contributed by atoms with van der Waals surface area (Å²) >= 11 is 0. The molecule has 0 amide bonds. The maximum absolute atomic E-state index is 8.98.